The first kappa shape index (κ1) is 6.90. The minimum atomic E-state index is 0.556. The van der Waals surface area contributed by atoms with Gasteiger partial charge in [0.1, 0.15) is 0 Å². The summed E-state index contributed by atoms with van der Waals surface area (Å²) in [5, 5.41) is 0. The van der Waals surface area contributed by atoms with E-state index >= 15 is 0 Å². The van der Waals surface area contributed by atoms with E-state index in [9.17, 15) is 0 Å². The van der Waals surface area contributed by atoms with Gasteiger partial charge in [-0.05, 0) is 18.1 Å². The minimum Gasteiger partial charge on any atom is -0.0622 e. The zero-order valence-electron chi connectivity index (χ0n) is 8.62. The fourth-order valence-corrected chi connectivity index (χ4v) is 1.33. The van der Waals surface area contributed by atoms with E-state index in [1.165, 1.54) is 16.7 Å². The number of aryl methyl sites for hydroxylation is 1. The van der Waals surface area contributed by atoms with Crippen LogP contribution in [0.5, 0.6) is 0 Å². The van der Waals surface area contributed by atoms with Gasteiger partial charge in [-0.15, -0.1) is 0 Å². The quantitative estimate of drug-likeness (QED) is 0.611. The second kappa shape index (κ2) is 3.44. The third-order valence-corrected chi connectivity index (χ3v) is 2.10. The van der Waals surface area contributed by atoms with Crippen molar-refractivity contribution in [1.82, 2.24) is 0 Å². The molecular weight excluding hydrogens is 156 g/mol. The Labute approximate surface area is 80.3 Å². The summed E-state index contributed by atoms with van der Waals surface area (Å²) in [6.45, 7) is 2.08. The highest BCUT2D eigenvalue weighted by Crippen LogP contribution is 2.18. The zero-order valence-corrected chi connectivity index (χ0v) is 7.62. The molecule has 0 heterocycles. The smallest absolute Gasteiger partial charge is 0.0622 e. The molecule has 0 heteroatoms. The van der Waals surface area contributed by atoms with Crippen LogP contribution in [0, 0.1) is 6.92 Å². The normalized spacial score (nSPS) is 11.0. The van der Waals surface area contributed by atoms with E-state index in [0.29, 0.717) is 6.04 Å². The average Bonchev–Trinajstić information content (AvgIpc) is 2.21. The molecule has 0 radical (unpaired) electrons. The van der Waals surface area contributed by atoms with Crippen molar-refractivity contribution in [2.24, 2.45) is 0 Å². The van der Waals surface area contributed by atoms with Gasteiger partial charge in [-0.1, -0.05) is 60.1 Å². The topological polar surface area (TPSA) is 0 Å². The van der Waals surface area contributed by atoms with Crippen molar-refractivity contribution < 1.29 is 1.37 Å². The van der Waals surface area contributed by atoms with E-state index < -0.39 is 0 Å². The molecule has 0 saturated heterocycles. The summed E-state index contributed by atoms with van der Waals surface area (Å²) in [7, 11) is 0. The Hall–Kier alpha value is -1.56. The lowest BCUT2D eigenvalue weighted by atomic mass is 10.0. The van der Waals surface area contributed by atoms with Gasteiger partial charge in [0.15, 0.2) is 0 Å². The molecule has 13 heavy (non-hydrogen) atoms. The standard InChI is InChI=1S/C13H12/c1-11-7-9-13(10-8-11)12-5-3-2-4-6-12/h2-10H,1H3/i2D. The van der Waals surface area contributed by atoms with Crippen molar-refractivity contribution in [3.63, 3.8) is 0 Å². The van der Waals surface area contributed by atoms with Crippen LogP contribution < -0.4 is 0 Å². The summed E-state index contributed by atoms with van der Waals surface area (Å²) in [4.78, 5) is 0. The minimum absolute atomic E-state index is 0.556. The third-order valence-electron chi connectivity index (χ3n) is 2.10. The maximum Gasteiger partial charge on any atom is 0.0623 e. The molecule has 0 fully saturated rings. The van der Waals surface area contributed by atoms with Crippen LogP contribution in [0.2, 0.25) is 0 Å². The molecule has 2 aromatic carbocycles. The lowest BCUT2D eigenvalue weighted by molar-refractivity contribution is 1.47. The van der Waals surface area contributed by atoms with Crippen LogP contribution in [0.25, 0.3) is 11.1 Å². The summed E-state index contributed by atoms with van der Waals surface area (Å²) in [5.41, 5.74) is 3.64. The van der Waals surface area contributed by atoms with Crippen LogP contribution in [0.15, 0.2) is 54.6 Å². The van der Waals surface area contributed by atoms with Crippen LogP contribution in [0.4, 0.5) is 0 Å². The monoisotopic (exact) mass is 169 g/mol. The highest BCUT2D eigenvalue weighted by molar-refractivity contribution is 5.63. The molecule has 2 rings (SSSR count). The lowest BCUT2D eigenvalue weighted by Crippen LogP contribution is -1.76. The largest absolute Gasteiger partial charge is 0.0623 e. The zero-order chi connectivity index (χ0) is 9.97. The Balaban J connectivity index is 2.40. The van der Waals surface area contributed by atoms with Gasteiger partial charge in [-0.3, -0.25) is 0 Å². The molecule has 0 aliphatic heterocycles. The Morgan fingerprint density at radius 3 is 2.00 bits per heavy atom. The molecule has 0 aromatic heterocycles. The van der Waals surface area contributed by atoms with Crippen molar-refractivity contribution >= 4 is 0 Å². The van der Waals surface area contributed by atoms with Crippen LogP contribution >= 0.6 is 0 Å². The Bertz CT molecular complexity index is 368. The molecule has 0 atom stereocenters. The van der Waals surface area contributed by atoms with Crippen LogP contribution in [-0.2, 0) is 0 Å². The summed E-state index contributed by atoms with van der Waals surface area (Å²) in [6, 6.07) is 16.6. The van der Waals surface area contributed by atoms with E-state index in [1.54, 1.807) is 0 Å². The second-order valence-corrected chi connectivity index (χ2v) is 3.15. The maximum absolute atomic E-state index is 7.39. The van der Waals surface area contributed by atoms with Gasteiger partial charge in [-0.2, -0.15) is 0 Å². The summed E-state index contributed by atoms with van der Waals surface area (Å²) in [6.07, 6.45) is 0. The van der Waals surface area contributed by atoms with Gasteiger partial charge in [0.25, 0.3) is 0 Å². The number of hydrogen-bond donors (Lipinski definition) is 0. The molecular formula is C13H12. The molecule has 0 saturated carbocycles. The fraction of sp³-hybridized carbons (Fsp3) is 0.0769. The van der Waals surface area contributed by atoms with Gasteiger partial charge < -0.3 is 0 Å². The molecule has 0 nitrogen and oxygen atoms in total. The molecule has 0 N–H and O–H groups in total. The van der Waals surface area contributed by atoms with E-state index in [4.69, 9.17) is 1.37 Å². The molecule has 64 valence electrons. The number of hydrogen-bond acceptors (Lipinski definition) is 0. The molecule has 0 bridgehead atoms. The van der Waals surface area contributed by atoms with E-state index in [-0.39, 0.29) is 0 Å². The van der Waals surface area contributed by atoms with Crippen molar-refractivity contribution in [3.05, 3.63) is 60.1 Å². The molecule has 0 unspecified atom stereocenters. The molecule has 2 aromatic rings. The predicted octanol–water partition coefficient (Wildman–Crippen LogP) is 3.66. The molecule has 0 aliphatic rings. The van der Waals surface area contributed by atoms with Crippen molar-refractivity contribution in [3.8, 4) is 11.1 Å². The van der Waals surface area contributed by atoms with E-state index in [1.807, 2.05) is 24.3 Å². The lowest BCUT2D eigenvalue weighted by Gasteiger charge is -2.00. The van der Waals surface area contributed by atoms with Crippen molar-refractivity contribution in [2.75, 3.05) is 0 Å². The summed E-state index contributed by atoms with van der Waals surface area (Å²) >= 11 is 0. The average molecular weight is 169 g/mol. The Morgan fingerprint density at radius 1 is 0.846 bits per heavy atom. The van der Waals surface area contributed by atoms with Crippen LogP contribution in [0.1, 0.15) is 6.93 Å². The third kappa shape index (κ3) is 1.78. The second-order valence-electron chi connectivity index (χ2n) is 3.15. The van der Waals surface area contributed by atoms with Crippen LogP contribution in [-0.4, -0.2) is 0 Å². The van der Waals surface area contributed by atoms with Crippen LogP contribution in [0.3, 0.4) is 0 Å². The van der Waals surface area contributed by atoms with Gasteiger partial charge in [0.05, 0.1) is 1.37 Å². The first-order valence-corrected chi connectivity index (χ1v) is 4.39. The highest BCUT2D eigenvalue weighted by atomic mass is 14.0. The predicted molar refractivity (Wildman–Crippen MR) is 56.6 cm³/mol. The van der Waals surface area contributed by atoms with Gasteiger partial charge in [0, 0.05) is 0 Å². The molecule has 0 amide bonds. The SMILES string of the molecule is [2H]c1ccc(-c2ccc(C)cc2)cc1. The summed E-state index contributed by atoms with van der Waals surface area (Å²) < 4.78 is 7.39. The highest BCUT2D eigenvalue weighted by Gasteiger charge is 1.93. The number of rotatable bonds is 1. The fourth-order valence-electron chi connectivity index (χ4n) is 1.33. The molecule has 0 spiro atoms. The maximum atomic E-state index is 7.39. The van der Waals surface area contributed by atoms with Gasteiger partial charge in [-0.25, -0.2) is 0 Å². The Morgan fingerprint density at radius 2 is 1.38 bits per heavy atom. The first-order chi connectivity index (χ1) is 6.75. The Kier molecular flexibility index (Phi) is 1.83. The van der Waals surface area contributed by atoms with E-state index in [0.717, 1.165) is 0 Å². The van der Waals surface area contributed by atoms with Crippen molar-refractivity contribution in [2.45, 2.75) is 6.92 Å². The van der Waals surface area contributed by atoms with Gasteiger partial charge in [0.2, 0.25) is 0 Å². The van der Waals surface area contributed by atoms with Gasteiger partial charge >= 0.3 is 0 Å². The van der Waals surface area contributed by atoms with Crippen molar-refractivity contribution in [1.29, 1.82) is 0 Å². The summed E-state index contributed by atoms with van der Waals surface area (Å²) in [5.74, 6) is 0. The number of benzene rings is 2. The van der Waals surface area contributed by atoms with E-state index in [2.05, 4.69) is 31.2 Å². The molecule has 0 aliphatic carbocycles. The first-order valence-electron chi connectivity index (χ1n) is 4.89.